The molecule has 196 valence electrons. The van der Waals surface area contributed by atoms with Gasteiger partial charge >= 0.3 is 11.9 Å². The number of hydrogen-bond acceptors (Lipinski definition) is 2. The Morgan fingerprint density at radius 3 is 0.909 bits per heavy atom. The Morgan fingerprint density at radius 2 is 0.727 bits per heavy atom. The Labute approximate surface area is 205 Å². The van der Waals surface area contributed by atoms with Crippen molar-refractivity contribution < 1.29 is 19.8 Å². The van der Waals surface area contributed by atoms with Crippen LogP contribution in [0.15, 0.2) is 0 Å². The summed E-state index contributed by atoms with van der Waals surface area (Å²) < 4.78 is 0. The smallest absolute Gasteiger partial charge is 0.303 e. The van der Waals surface area contributed by atoms with Crippen molar-refractivity contribution in [2.24, 2.45) is 5.92 Å². The summed E-state index contributed by atoms with van der Waals surface area (Å²) in [7, 11) is 0. The molecular weight excluding hydrogens is 412 g/mol. The van der Waals surface area contributed by atoms with Crippen molar-refractivity contribution in [3.63, 3.8) is 0 Å². The molecule has 0 aromatic heterocycles. The van der Waals surface area contributed by atoms with Gasteiger partial charge in [0.1, 0.15) is 0 Å². The lowest BCUT2D eigenvalue weighted by Gasteiger charge is -2.15. The molecule has 4 nitrogen and oxygen atoms in total. The molecule has 1 saturated carbocycles. The highest BCUT2D eigenvalue weighted by molar-refractivity contribution is 5.66. The molecule has 0 heterocycles. The van der Waals surface area contributed by atoms with Crippen LogP contribution in [0.2, 0.25) is 0 Å². The third-order valence-corrected chi connectivity index (χ3v) is 6.93. The number of aliphatic carboxylic acids is 2. The summed E-state index contributed by atoms with van der Waals surface area (Å²) in [6.45, 7) is 2.36. The van der Waals surface area contributed by atoms with Gasteiger partial charge < -0.3 is 10.2 Å². The van der Waals surface area contributed by atoms with Crippen LogP contribution in [0.25, 0.3) is 0 Å². The summed E-state index contributed by atoms with van der Waals surface area (Å²) in [5.74, 6) is -0.301. The minimum Gasteiger partial charge on any atom is -0.481 e. The maximum Gasteiger partial charge on any atom is 0.303 e. The maximum atomic E-state index is 10.4. The van der Waals surface area contributed by atoms with Gasteiger partial charge in [0, 0.05) is 12.8 Å². The molecule has 0 aliphatic heterocycles. The van der Waals surface area contributed by atoms with Gasteiger partial charge in [0.05, 0.1) is 0 Å². The lowest BCUT2D eigenvalue weighted by Crippen LogP contribution is -1.99. The van der Waals surface area contributed by atoms with E-state index in [9.17, 15) is 9.59 Å². The van der Waals surface area contributed by atoms with E-state index >= 15 is 0 Å². The molecule has 0 unspecified atom stereocenters. The van der Waals surface area contributed by atoms with Gasteiger partial charge in [-0.3, -0.25) is 9.59 Å². The van der Waals surface area contributed by atoms with Crippen molar-refractivity contribution in [2.75, 3.05) is 0 Å². The normalized spacial score (nSPS) is 14.0. The number of rotatable bonds is 21. The molecule has 2 N–H and O–H groups in total. The molecule has 0 bridgehead atoms. The van der Waals surface area contributed by atoms with Crippen LogP contribution in [0.1, 0.15) is 167 Å². The molecule has 1 aliphatic carbocycles. The SMILES string of the molecule is CC1CCCCC1.O=C(O)CCCCCCCCCCCCCCCCCCCCC(=O)O. The molecular formula is C29H56O4. The molecule has 0 amide bonds. The zero-order valence-electron chi connectivity index (χ0n) is 22.0. The van der Waals surface area contributed by atoms with Crippen LogP contribution < -0.4 is 0 Å². The molecule has 0 aromatic rings. The van der Waals surface area contributed by atoms with E-state index in [0.29, 0.717) is 12.8 Å². The van der Waals surface area contributed by atoms with Gasteiger partial charge in [-0.2, -0.15) is 0 Å². The fourth-order valence-corrected chi connectivity index (χ4v) is 4.69. The summed E-state index contributed by atoms with van der Waals surface area (Å²) in [6.07, 6.45) is 30.2. The second kappa shape index (κ2) is 25.6. The zero-order chi connectivity index (χ0) is 24.4. The van der Waals surface area contributed by atoms with E-state index in [1.165, 1.54) is 122 Å². The standard InChI is InChI=1S/C22H42O4.C7H14/c23-21(24)19-17-15-13-11-9-7-5-3-1-2-4-6-8-10-12-14-16-18-20-22(25)26;1-7-5-3-2-4-6-7/h1-20H2,(H,23,24)(H,25,26);7H,2-6H2,1H3. The lowest BCUT2D eigenvalue weighted by molar-refractivity contribution is -0.138. The third-order valence-electron chi connectivity index (χ3n) is 6.93. The van der Waals surface area contributed by atoms with E-state index in [4.69, 9.17) is 10.2 Å². The molecule has 33 heavy (non-hydrogen) atoms. The van der Waals surface area contributed by atoms with E-state index in [1.54, 1.807) is 0 Å². The van der Waals surface area contributed by atoms with Crippen LogP contribution in [0.5, 0.6) is 0 Å². The van der Waals surface area contributed by atoms with E-state index < -0.39 is 11.9 Å². The third kappa shape index (κ3) is 28.9. The van der Waals surface area contributed by atoms with Crippen LogP contribution in [-0.4, -0.2) is 22.2 Å². The van der Waals surface area contributed by atoms with Gasteiger partial charge in [-0.25, -0.2) is 0 Å². The number of carboxylic acids is 2. The van der Waals surface area contributed by atoms with E-state index in [1.807, 2.05) is 0 Å². The van der Waals surface area contributed by atoms with Crippen molar-refractivity contribution in [2.45, 2.75) is 167 Å². The van der Waals surface area contributed by atoms with Gasteiger partial charge in [-0.05, 0) is 18.8 Å². The predicted octanol–water partition coefficient (Wildman–Crippen LogP) is 9.54. The Hall–Kier alpha value is -1.06. The highest BCUT2D eigenvalue weighted by Gasteiger charge is 2.06. The fourth-order valence-electron chi connectivity index (χ4n) is 4.69. The second-order valence-corrected chi connectivity index (χ2v) is 10.4. The van der Waals surface area contributed by atoms with Crippen molar-refractivity contribution in [3.8, 4) is 0 Å². The molecule has 0 aromatic carbocycles. The molecule has 0 spiro atoms. The summed E-state index contributed by atoms with van der Waals surface area (Å²) in [5.41, 5.74) is 0. The zero-order valence-corrected chi connectivity index (χ0v) is 22.0. The minimum absolute atomic E-state index is 0.326. The molecule has 0 radical (unpaired) electrons. The van der Waals surface area contributed by atoms with Gasteiger partial charge in [-0.1, -0.05) is 142 Å². The van der Waals surface area contributed by atoms with Gasteiger partial charge in [0.15, 0.2) is 0 Å². The second-order valence-electron chi connectivity index (χ2n) is 10.4. The van der Waals surface area contributed by atoms with Gasteiger partial charge in [0.2, 0.25) is 0 Å². The summed E-state index contributed by atoms with van der Waals surface area (Å²) >= 11 is 0. The Balaban J connectivity index is 0.00000123. The molecule has 1 rings (SSSR count). The molecule has 1 fully saturated rings. The van der Waals surface area contributed by atoms with Gasteiger partial charge in [-0.15, -0.1) is 0 Å². The largest absolute Gasteiger partial charge is 0.481 e. The number of hydrogen-bond donors (Lipinski definition) is 2. The topological polar surface area (TPSA) is 74.6 Å². The van der Waals surface area contributed by atoms with Crippen molar-refractivity contribution in [3.05, 3.63) is 0 Å². The van der Waals surface area contributed by atoms with Crippen molar-refractivity contribution >= 4 is 11.9 Å². The Bertz CT molecular complexity index is 397. The van der Waals surface area contributed by atoms with Crippen LogP contribution in [0.3, 0.4) is 0 Å². The predicted molar refractivity (Wildman–Crippen MR) is 140 cm³/mol. The molecule has 0 saturated heterocycles. The monoisotopic (exact) mass is 468 g/mol. The van der Waals surface area contributed by atoms with Crippen LogP contribution in [0, 0.1) is 5.92 Å². The first kappa shape index (κ1) is 31.9. The van der Waals surface area contributed by atoms with E-state index in [0.717, 1.165) is 31.6 Å². The fraction of sp³-hybridized carbons (Fsp3) is 0.931. The summed E-state index contributed by atoms with van der Waals surface area (Å²) in [4.78, 5) is 20.8. The number of unbranched alkanes of at least 4 members (excludes halogenated alkanes) is 17. The first-order valence-corrected chi connectivity index (χ1v) is 14.5. The average molecular weight is 469 g/mol. The quantitative estimate of drug-likeness (QED) is 0.164. The van der Waals surface area contributed by atoms with E-state index in [-0.39, 0.29) is 0 Å². The Morgan fingerprint density at radius 1 is 0.485 bits per heavy atom. The maximum absolute atomic E-state index is 10.4. The molecule has 4 heteroatoms. The first-order valence-electron chi connectivity index (χ1n) is 14.5. The summed E-state index contributed by atoms with van der Waals surface area (Å²) in [6, 6.07) is 0. The molecule has 1 aliphatic rings. The van der Waals surface area contributed by atoms with Crippen molar-refractivity contribution in [1.82, 2.24) is 0 Å². The van der Waals surface area contributed by atoms with Crippen LogP contribution in [0.4, 0.5) is 0 Å². The van der Waals surface area contributed by atoms with Crippen LogP contribution >= 0.6 is 0 Å². The number of carbonyl (C=O) groups is 2. The average Bonchev–Trinajstić information content (AvgIpc) is 2.78. The van der Waals surface area contributed by atoms with Crippen LogP contribution in [-0.2, 0) is 9.59 Å². The van der Waals surface area contributed by atoms with Gasteiger partial charge in [0.25, 0.3) is 0 Å². The Kier molecular flexibility index (Phi) is 24.7. The highest BCUT2D eigenvalue weighted by Crippen LogP contribution is 2.22. The lowest BCUT2D eigenvalue weighted by atomic mass is 9.91. The first-order chi connectivity index (χ1) is 16.0. The van der Waals surface area contributed by atoms with Crippen molar-refractivity contribution in [1.29, 1.82) is 0 Å². The van der Waals surface area contributed by atoms with E-state index in [2.05, 4.69) is 6.92 Å². The molecule has 0 atom stereocenters. The summed E-state index contributed by atoms with van der Waals surface area (Å²) in [5, 5.41) is 17.1. The highest BCUT2D eigenvalue weighted by atomic mass is 16.4. The number of carboxylic acid groups (broad SMARTS) is 2. The minimum atomic E-state index is -0.669.